The van der Waals surface area contributed by atoms with Crippen molar-refractivity contribution < 1.29 is 4.74 Å². The van der Waals surface area contributed by atoms with Gasteiger partial charge < -0.3 is 4.74 Å². The van der Waals surface area contributed by atoms with Crippen LogP contribution in [-0.2, 0) is 0 Å². The van der Waals surface area contributed by atoms with Gasteiger partial charge in [0.2, 0.25) is 0 Å². The average Bonchev–Trinajstić information content (AvgIpc) is 2.31. The Labute approximate surface area is 91.1 Å². The van der Waals surface area contributed by atoms with Gasteiger partial charge in [-0.1, -0.05) is 26.8 Å². The molecule has 0 saturated heterocycles. The highest BCUT2D eigenvalue weighted by Gasteiger charge is 1.97. The van der Waals surface area contributed by atoms with E-state index in [9.17, 15) is 0 Å². The highest BCUT2D eigenvalue weighted by atomic mass is 31.1. The number of aromatic nitrogens is 1. The summed E-state index contributed by atoms with van der Waals surface area (Å²) in [7, 11) is 2.32. The first-order chi connectivity index (χ1) is 7.38. The highest BCUT2D eigenvalue weighted by Crippen LogP contribution is 2.14. The van der Waals surface area contributed by atoms with E-state index in [-0.39, 0.29) is 0 Å². The molecule has 2 aromatic rings. The summed E-state index contributed by atoms with van der Waals surface area (Å²) in [6, 6.07) is 12.2. The molecule has 3 heteroatoms. The van der Waals surface area contributed by atoms with Crippen LogP contribution >= 0.6 is 8.58 Å². The third-order valence-electron chi connectivity index (χ3n) is 2.02. The van der Waals surface area contributed by atoms with Gasteiger partial charge in [-0.05, 0) is 28.8 Å². The van der Waals surface area contributed by atoms with Gasteiger partial charge in [-0.3, -0.25) is 4.98 Å². The van der Waals surface area contributed by atoms with E-state index in [4.69, 9.17) is 4.74 Å². The van der Waals surface area contributed by atoms with Crippen LogP contribution in [0.15, 0.2) is 48.8 Å². The Morgan fingerprint density at radius 2 is 2.00 bits per heavy atom. The number of benzene rings is 1. The van der Waals surface area contributed by atoms with Crippen LogP contribution < -0.4 is 15.3 Å². The van der Waals surface area contributed by atoms with E-state index < -0.39 is 0 Å². The molecule has 76 valence electrons. The topological polar surface area (TPSA) is 22.1 Å². The van der Waals surface area contributed by atoms with Gasteiger partial charge >= 0.3 is 0 Å². The zero-order valence-corrected chi connectivity index (χ0v) is 9.47. The van der Waals surface area contributed by atoms with Crippen LogP contribution in [0.1, 0.15) is 0 Å². The highest BCUT2D eigenvalue weighted by molar-refractivity contribution is 7.55. The molecular formula is C12H12NOP. The summed E-state index contributed by atoms with van der Waals surface area (Å²) < 4.78 is 5.18. The summed E-state index contributed by atoms with van der Waals surface area (Å²) in [5.41, 5.74) is 0. The van der Waals surface area contributed by atoms with Crippen LogP contribution in [0.25, 0.3) is 0 Å². The standard InChI is InChI=1S/C12H12NOP/c1-14-10-4-2-5-11(8-10)15-12-6-3-7-13-9-12/h2-9,15H,1H3. The molecule has 1 aromatic carbocycles. The van der Waals surface area contributed by atoms with E-state index in [1.807, 2.05) is 24.4 Å². The average molecular weight is 217 g/mol. The fourth-order valence-electron chi connectivity index (χ4n) is 1.30. The molecule has 0 N–H and O–H groups in total. The molecule has 0 fully saturated rings. The summed E-state index contributed by atoms with van der Waals surface area (Å²) in [5, 5.41) is 2.51. The smallest absolute Gasteiger partial charge is 0.119 e. The van der Waals surface area contributed by atoms with Crippen molar-refractivity contribution in [3.05, 3.63) is 48.8 Å². The van der Waals surface area contributed by atoms with E-state index in [1.54, 1.807) is 13.3 Å². The second kappa shape index (κ2) is 4.90. The van der Waals surface area contributed by atoms with Crippen molar-refractivity contribution in [1.29, 1.82) is 0 Å². The van der Waals surface area contributed by atoms with Crippen molar-refractivity contribution in [2.45, 2.75) is 0 Å². The first-order valence-corrected chi connectivity index (χ1v) is 5.69. The molecule has 0 saturated carbocycles. The zero-order valence-electron chi connectivity index (χ0n) is 8.47. The van der Waals surface area contributed by atoms with E-state index in [0.29, 0.717) is 8.58 Å². The molecule has 0 aliphatic heterocycles. The lowest BCUT2D eigenvalue weighted by atomic mass is 10.3. The van der Waals surface area contributed by atoms with Crippen LogP contribution in [0.5, 0.6) is 5.75 Å². The van der Waals surface area contributed by atoms with E-state index in [1.165, 1.54) is 10.6 Å². The summed E-state index contributed by atoms with van der Waals surface area (Å²) >= 11 is 0. The van der Waals surface area contributed by atoms with Gasteiger partial charge in [-0.2, -0.15) is 0 Å². The van der Waals surface area contributed by atoms with Crippen molar-refractivity contribution in [3.8, 4) is 5.75 Å². The molecule has 1 aromatic heterocycles. The first-order valence-electron chi connectivity index (χ1n) is 4.69. The molecule has 0 radical (unpaired) electrons. The number of methoxy groups -OCH3 is 1. The molecule has 0 bridgehead atoms. The van der Waals surface area contributed by atoms with Gasteiger partial charge in [-0.15, -0.1) is 0 Å². The summed E-state index contributed by atoms with van der Waals surface area (Å²) in [5.74, 6) is 0.906. The Hall–Kier alpha value is -1.40. The lowest BCUT2D eigenvalue weighted by molar-refractivity contribution is 0.415. The normalized spacial score (nSPS) is 10.7. The predicted octanol–water partition coefficient (Wildman–Crippen LogP) is 1.72. The minimum atomic E-state index is 0.634. The van der Waals surface area contributed by atoms with Crippen LogP contribution in [0.2, 0.25) is 0 Å². The van der Waals surface area contributed by atoms with Gasteiger partial charge in [0.1, 0.15) is 5.75 Å². The lowest BCUT2D eigenvalue weighted by Gasteiger charge is -2.04. The monoisotopic (exact) mass is 217 g/mol. The van der Waals surface area contributed by atoms with Crippen molar-refractivity contribution >= 4 is 19.2 Å². The molecule has 0 aliphatic rings. The fraction of sp³-hybridized carbons (Fsp3) is 0.0833. The Morgan fingerprint density at radius 1 is 1.13 bits per heavy atom. The second-order valence-corrected chi connectivity index (χ2v) is 4.50. The lowest BCUT2D eigenvalue weighted by Crippen LogP contribution is -2.03. The van der Waals surface area contributed by atoms with Crippen molar-refractivity contribution in [2.75, 3.05) is 7.11 Å². The van der Waals surface area contributed by atoms with E-state index >= 15 is 0 Å². The molecule has 0 amide bonds. The van der Waals surface area contributed by atoms with E-state index in [0.717, 1.165) is 5.75 Å². The number of nitrogens with zero attached hydrogens (tertiary/aromatic N) is 1. The fourth-order valence-corrected chi connectivity index (χ4v) is 2.35. The number of rotatable bonds is 3. The van der Waals surface area contributed by atoms with Crippen molar-refractivity contribution in [1.82, 2.24) is 4.98 Å². The molecule has 2 nitrogen and oxygen atoms in total. The Kier molecular flexibility index (Phi) is 3.31. The van der Waals surface area contributed by atoms with Crippen LogP contribution in [0, 0.1) is 0 Å². The Balaban J connectivity index is 2.17. The van der Waals surface area contributed by atoms with Crippen molar-refractivity contribution in [2.24, 2.45) is 0 Å². The molecule has 0 aliphatic carbocycles. The van der Waals surface area contributed by atoms with Gasteiger partial charge in [0, 0.05) is 12.4 Å². The third-order valence-corrected chi connectivity index (χ3v) is 3.20. The number of pyridine rings is 1. The molecule has 15 heavy (non-hydrogen) atoms. The number of ether oxygens (including phenoxy) is 1. The minimum Gasteiger partial charge on any atom is -0.497 e. The minimum absolute atomic E-state index is 0.634. The first kappa shape index (κ1) is 10.1. The molecule has 0 spiro atoms. The van der Waals surface area contributed by atoms with Crippen LogP contribution in [-0.4, -0.2) is 12.1 Å². The molecule has 2 rings (SSSR count). The van der Waals surface area contributed by atoms with Gasteiger partial charge in [0.15, 0.2) is 0 Å². The number of hydrogen-bond donors (Lipinski definition) is 0. The summed E-state index contributed by atoms with van der Waals surface area (Å²) in [4.78, 5) is 4.10. The second-order valence-electron chi connectivity index (χ2n) is 3.10. The quantitative estimate of drug-likeness (QED) is 0.730. The maximum Gasteiger partial charge on any atom is 0.119 e. The maximum atomic E-state index is 5.18. The SMILES string of the molecule is COc1cccc(Pc2cccnc2)c1. The maximum absolute atomic E-state index is 5.18. The van der Waals surface area contributed by atoms with Crippen LogP contribution in [0.3, 0.4) is 0 Å². The number of hydrogen-bond acceptors (Lipinski definition) is 2. The van der Waals surface area contributed by atoms with E-state index in [2.05, 4.69) is 23.2 Å². The molecule has 1 atom stereocenters. The van der Waals surface area contributed by atoms with Crippen LogP contribution in [0.4, 0.5) is 0 Å². The molecule has 1 unspecified atom stereocenters. The Bertz CT molecular complexity index is 431. The van der Waals surface area contributed by atoms with Crippen molar-refractivity contribution in [3.63, 3.8) is 0 Å². The predicted molar refractivity (Wildman–Crippen MR) is 64.8 cm³/mol. The third kappa shape index (κ3) is 2.77. The zero-order chi connectivity index (χ0) is 10.5. The van der Waals surface area contributed by atoms with Gasteiger partial charge in [-0.25, -0.2) is 0 Å². The Morgan fingerprint density at radius 3 is 2.73 bits per heavy atom. The van der Waals surface area contributed by atoms with Gasteiger partial charge in [0.05, 0.1) is 7.11 Å². The summed E-state index contributed by atoms with van der Waals surface area (Å²) in [6.07, 6.45) is 3.69. The summed E-state index contributed by atoms with van der Waals surface area (Å²) in [6.45, 7) is 0. The molecular weight excluding hydrogens is 205 g/mol. The molecule has 1 heterocycles. The largest absolute Gasteiger partial charge is 0.497 e. The van der Waals surface area contributed by atoms with Gasteiger partial charge in [0.25, 0.3) is 0 Å².